The van der Waals surface area contributed by atoms with E-state index in [1.54, 1.807) is 33.2 Å². The predicted molar refractivity (Wildman–Crippen MR) is 115 cm³/mol. The van der Waals surface area contributed by atoms with Gasteiger partial charge in [0.05, 0.1) is 6.54 Å². The molecule has 1 aromatic carbocycles. The lowest BCUT2D eigenvalue weighted by molar-refractivity contribution is -0.134. The molecule has 2 aliphatic heterocycles. The highest BCUT2D eigenvalue weighted by Crippen LogP contribution is 2.26. The number of ether oxygens (including phenoxy) is 1. The zero-order chi connectivity index (χ0) is 21.1. The number of benzene rings is 1. The monoisotopic (exact) mass is 428 g/mol. The number of hydrogen-bond donors (Lipinski definition) is 0. The number of aromatic nitrogens is 1. The molecule has 0 radical (unpaired) electrons. The number of amides is 3. The third kappa shape index (κ3) is 4.51. The number of hydrogen-bond acceptors (Lipinski definition) is 4. The van der Waals surface area contributed by atoms with Crippen molar-refractivity contribution >= 4 is 29.2 Å². The van der Waals surface area contributed by atoms with E-state index in [1.807, 2.05) is 31.2 Å². The average molecular weight is 429 g/mol. The molecule has 2 aliphatic rings. The standard InChI is InChI=1S/C22H25ClN4O3/c1-16-4-6-17(7-5-16)27-12-11-26(22(27)29)15-21(28)25-10-2-3-18(14-25)30-20-8-9-24-13-19(20)23/h4-9,13,18H,2-3,10-12,14-15H2,1H3. The molecule has 2 fully saturated rings. The number of aryl methyl sites for hydroxylation is 1. The van der Waals surface area contributed by atoms with Crippen LogP contribution < -0.4 is 9.64 Å². The van der Waals surface area contributed by atoms with Crippen molar-refractivity contribution in [1.82, 2.24) is 14.8 Å². The van der Waals surface area contributed by atoms with Crippen LogP contribution in [0.3, 0.4) is 0 Å². The maximum Gasteiger partial charge on any atom is 0.325 e. The summed E-state index contributed by atoms with van der Waals surface area (Å²) in [6, 6.07) is 9.45. The zero-order valence-corrected chi connectivity index (χ0v) is 17.7. The molecule has 0 saturated carbocycles. The molecular formula is C22H25ClN4O3. The number of rotatable bonds is 5. The van der Waals surface area contributed by atoms with Gasteiger partial charge in [0.1, 0.15) is 23.4 Å². The van der Waals surface area contributed by atoms with Crippen LogP contribution in [0.1, 0.15) is 18.4 Å². The van der Waals surface area contributed by atoms with E-state index in [0.717, 1.165) is 24.1 Å². The molecule has 0 spiro atoms. The van der Waals surface area contributed by atoms with E-state index < -0.39 is 0 Å². The van der Waals surface area contributed by atoms with Gasteiger partial charge in [-0.1, -0.05) is 29.3 Å². The van der Waals surface area contributed by atoms with E-state index in [2.05, 4.69) is 4.98 Å². The first kappa shape index (κ1) is 20.5. The van der Waals surface area contributed by atoms with Crippen molar-refractivity contribution in [2.24, 2.45) is 0 Å². The summed E-state index contributed by atoms with van der Waals surface area (Å²) in [6.45, 7) is 4.39. The maximum absolute atomic E-state index is 12.9. The quantitative estimate of drug-likeness (QED) is 0.732. The third-order valence-corrected chi connectivity index (χ3v) is 5.81. The minimum Gasteiger partial charge on any atom is -0.487 e. The average Bonchev–Trinajstić information content (AvgIpc) is 3.11. The highest BCUT2D eigenvalue weighted by Gasteiger charge is 2.33. The van der Waals surface area contributed by atoms with Crippen molar-refractivity contribution in [2.75, 3.05) is 37.6 Å². The Bertz CT molecular complexity index is 921. The van der Waals surface area contributed by atoms with Gasteiger partial charge in [-0.05, 0) is 31.9 Å². The lowest BCUT2D eigenvalue weighted by Crippen LogP contribution is -2.48. The number of nitrogens with zero attached hydrogens (tertiary/aromatic N) is 4. The first-order valence-electron chi connectivity index (χ1n) is 10.2. The summed E-state index contributed by atoms with van der Waals surface area (Å²) in [5.41, 5.74) is 2.01. The minimum absolute atomic E-state index is 0.0526. The second-order valence-corrected chi connectivity index (χ2v) is 8.13. The number of urea groups is 1. The van der Waals surface area contributed by atoms with Crippen LogP contribution >= 0.6 is 11.6 Å². The number of piperidine rings is 1. The van der Waals surface area contributed by atoms with Gasteiger partial charge in [0, 0.05) is 43.8 Å². The van der Waals surface area contributed by atoms with E-state index in [4.69, 9.17) is 16.3 Å². The smallest absolute Gasteiger partial charge is 0.325 e. The molecule has 1 unspecified atom stereocenters. The van der Waals surface area contributed by atoms with E-state index in [0.29, 0.717) is 37.0 Å². The lowest BCUT2D eigenvalue weighted by atomic mass is 10.1. The van der Waals surface area contributed by atoms with E-state index >= 15 is 0 Å². The number of carbonyl (C=O) groups excluding carboxylic acids is 2. The summed E-state index contributed by atoms with van der Waals surface area (Å²) >= 11 is 6.13. The number of anilines is 1. The summed E-state index contributed by atoms with van der Waals surface area (Å²) in [5, 5.41) is 0.458. The van der Waals surface area contributed by atoms with Gasteiger partial charge in [-0.3, -0.25) is 14.7 Å². The Morgan fingerprint density at radius 2 is 2.00 bits per heavy atom. The van der Waals surface area contributed by atoms with Gasteiger partial charge in [-0.15, -0.1) is 0 Å². The first-order valence-corrected chi connectivity index (χ1v) is 10.6. The number of carbonyl (C=O) groups is 2. The van der Waals surface area contributed by atoms with Gasteiger partial charge < -0.3 is 14.5 Å². The van der Waals surface area contributed by atoms with Crippen LogP contribution in [-0.4, -0.2) is 65.5 Å². The maximum atomic E-state index is 12.9. The Morgan fingerprint density at radius 1 is 1.20 bits per heavy atom. The fourth-order valence-electron chi connectivity index (χ4n) is 3.86. The molecule has 4 rings (SSSR count). The molecule has 2 saturated heterocycles. The van der Waals surface area contributed by atoms with Crippen LogP contribution in [-0.2, 0) is 4.79 Å². The Balaban J connectivity index is 1.34. The van der Waals surface area contributed by atoms with E-state index in [-0.39, 0.29) is 24.6 Å². The minimum atomic E-state index is -0.124. The van der Waals surface area contributed by atoms with Gasteiger partial charge >= 0.3 is 6.03 Å². The fraction of sp³-hybridized carbons (Fsp3) is 0.409. The molecule has 3 amide bonds. The molecule has 30 heavy (non-hydrogen) atoms. The summed E-state index contributed by atoms with van der Waals surface area (Å²) in [5.74, 6) is 0.526. The topological polar surface area (TPSA) is 66.0 Å². The molecule has 8 heteroatoms. The molecule has 0 N–H and O–H groups in total. The summed E-state index contributed by atoms with van der Waals surface area (Å²) in [4.78, 5) is 34.7. The zero-order valence-electron chi connectivity index (χ0n) is 17.0. The highest BCUT2D eigenvalue weighted by molar-refractivity contribution is 6.31. The number of pyridine rings is 1. The lowest BCUT2D eigenvalue weighted by Gasteiger charge is -2.34. The highest BCUT2D eigenvalue weighted by atomic mass is 35.5. The second-order valence-electron chi connectivity index (χ2n) is 7.72. The SMILES string of the molecule is Cc1ccc(N2CCN(CC(=O)N3CCCC(Oc4ccncc4Cl)C3)C2=O)cc1. The van der Waals surface area contributed by atoms with Crippen molar-refractivity contribution in [3.8, 4) is 5.75 Å². The van der Waals surface area contributed by atoms with Crippen molar-refractivity contribution in [3.05, 3.63) is 53.3 Å². The molecule has 0 aliphatic carbocycles. The predicted octanol–water partition coefficient (Wildman–Crippen LogP) is 3.36. The summed E-state index contributed by atoms with van der Waals surface area (Å²) in [6.07, 6.45) is 4.75. The summed E-state index contributed by atoms with van der Waals surface area (Å²) in [7, 11) is 0. The normalized spacial score (nSPS) is 19.3. The van der Waals surface area contributed by atoms with Crippen LogP contribution in [0.4, 0.5) is 10.5 Å². The van der Waals surface area contributed by atoms with Gasteiger partial charge in [0.15, 0.2) is 0 Å². The molecule has 0 bridgehead atoms. The molecule has 7 nitrogen and oxygen atoms in total. The Hall–Kier alpha value is -2.80. The molecular weight excluding hydrogens is 404 g/mol. The van der Waals surface area contributed by atoms with E-state index in [9.17, 15) is 9.59 Å². The third-order valence-electron chi connectivity index (χ3n) is 5.53. The van der Waals surface area contributed by atoms with Gasteiger partial charge in [0.2, 0.25) is 5.91 Å². The van der Waals surface area contributed by atoms with Crippen LogP contribution in [0.15, 0.2) is 42.7 Å². The van der Waals surface area contributed by atoms with Crippen LogP contribution in [0.25, 0.3) is 0 Å². The number of likely N-dealkylation sites (tertiary alicyclic amines) is 1. The molecule has 1 atom stereocenters. The first-order chi connectivity index (χ1) is 14.5. The van der Waals surface area contributed by atoms with Crippen molar-refractivity contribution in [1.29, 1.82) is 0 Å². The van der Waals surface area contributed by atoms with Crippen molar-refractivity contribution in [2.45, 2.75) is 25.9 Å². The van der Waals surface area contributed by atoms with Crippen LogP contribution in [0.2, 0.25) is 5.02 Å². The van der Waals surface area contributed by atoms with E-state index in [1.165, 1.54) is 0 Å². The molecule has 2 aromatic rings. The molecule has 3 heterocycles. The Morgan fingerprint density at radius 3 is 2.77 bits per heavy atom. The van der Waals surface area contributed by atoms with Gasteiger partial charge in [-0.2, -0.15) is 0 Å². The number of halogens is 1. The Labute approximate surface area is 181 Å². The van der Waals surface area contributed by atoms with Crippen LogP contribution in [0.5, 0.6) is 5.75 Å². The molecule has 158 valence electrons. The second kappa shape index (κ2) is 8.92. The summed E-state index contributed by atoms with van der Waals surface area (Å²) < 4.78 is 5.99. The fourth-order valence-corrected chi connectivity index (χ4v) is 4.02. The Kier molecular flexibility index (Phi) is 6.08. The van der Waals surface area contributed by atoms with Crippen molar-refractivity contribution in [3.63, 3.8) is 0 Å². The largest absolute Gasteiger partial charge is 0.487 e. The van der Waals surface area contributed by atoms with Crippen molar-refractivity contribution < 1.29 is 14.3 Å². The van der Waals surface area contributed by atoms with Gasteiger partial charge in [-0.25, -0.2) is 4.79 Å². The molecule has 1 aromatic heterocycles. The van der Waals surface area contributed by atoms with Crippen LogP contribution in [0, 0.1) is 6.92 Å². The van der Waals surface area contributed by atoms with Gasteiger partial charge in [0.25, 0.3) is 0 Å².